The van der Waals surface area contributed by atoms with E-state index in [9.17, 15) is 0 Å². The van der Waals surface area contributed by atoms with Gasteiger partial charge in [0.1, 0.15) is 0 Å². The lowest BCUT2D eigenvalue weighted by Gasteiger charge is -2.07. The second-order valence-electron chi connectivity index (χ2n) is 3.33. The molecule has 17 heavy (non-hydrogen) atoms. The Hall–Kier alpha value is -1.99. The Balaban J connectivity index is 3.04. The Bertz CT molecular complexity index is 446. The molecule has 0 saturated carbocycles. The first-order valence-electron chi connectivity index (χ1n) is 5.06. The highest BCUT2D eigenvalue weighted by Crippen LogP contribution is 2.28. The van der Waals surface area contributed by atoms with E-state index in [0.29, 0.717) is 23.7 Å². The summed E-state index contributed by atoms with van der Waals surface area (Å²) in [6.45, 7) is 0.296. The van der Waals surface area contributed by atoms with E-state index in [1.54, 1.807) is 33.5 Å². The zero-order chi connectivity index (χ0) is 12.7. The molecule has 1 rings (SSSR count). The van der Waals surface area contributed by atoms with Crippen LogP contribution in [0.25, 0.3) is 6.08 Å². The monoisotopic (exact) mass is 233 g/mol. The van der Waals surface area contributed by atoms with Crippen LogP contribution in [0.4, 0.5) is 0 Å². The molecule has 1 aromatic rings. The Labute approximate surface area is 101 Å². The van der Waals surface area contributed by atoms with Crippen LogP contribution in [0.3, 0.4) is 0 Å². The summed E-state index contributed by atoms with van der Waals surface area (Å²) in [5.74, 6) is 1.30. The number of hydrogen-bond donors (Lipinski definition) is 0. The number of nitrogens with zero attached hydrogens (tertiary/aromatic N) is 1. The highest BCUT2D eigenvalue weighted by atomic mass is 16.5. The molecule has 0 saturated heterocycles. The van der Waals surface area contributed by atoms with E-state index in [0.717, 1.165) is 5.56 Å². The van der Waals surface area contributed by atoms with Crippen molar-refractivity contribution in [3.8, 4) is 17.6 Å². The Morgan fingerprint density at radius 2 is 1.94 bits per heavy atom. The van der Waals surface area contributed by atoms with Crippen molar-refractivity contribution in [2.45, 2.75) is 0 Å². The molecule has 90 valence electrons. The molecule has 0 aromatic heterocycles. The van der Waals surface area contributed by atoms with E-state index in [1.807, 2.05) is 12.1 Å². The van der Waals surface area contributed by atoms with Crippen molar-refractivity contribution in [2.24, 2.45) is 0 Å². The van der Waals surface area contributed by atoms with Gasteiger partial charge in [-0.15, -0.1) is 0 Å². The lowest BCUT2D eigenvalue weighted by molar-refractivity contribution is 0.229. The lowest BCUT2D eigenvalue weighted by Crippen LogP contribution is -1.93. The van der Waals surface area contributed by atoms with Gasteiger partial charge in [0, 0.05) is 7.11 Å². The minimum atomic E-state index is 0.296. The number of nitriles is 1. The van der Waals surface area contributed by atoms with Crippen LogP contribution in [0.2, 0.25) is 0 Å². The minimum absolute atomic E-state index is 0.296. The van der Waals surface area contributed by atoms with E-state index in [-0.39, 0.29) is 0 Å². The first kappa shape index (κ1) is 13.1. The number of methoxy groups -OCH3 is 3. The second-order valence-corrected chi connectivity index (χ2v) is 3.33. The molecule has 4 nitrogen and oxygen atoms in total. The van der Waals surface area contributed by atoms with Gasteiger partial charge in [-0.2, -0.15) is 5.26 Å². The fourth-order valence-electron chi connectivity index (χ4n) is 1.41. The van der Waals surface area contributed by atoms with E-state index >= 15 is 0 Å². The van der Waals surface area contributed by atoms with Crippen molar-refractivity contribution in [3.05, 3.63) is 29.3 Å². The predicted molar refractivity (Wildman–Crippen MR) is 65.0 cm³/mol. The quantitative estimate of drug-likeness (QED) is 0.732. The summed E-state index contributed by atoms with van der Waals surface area (Å²) >= 11 is 0. The second kappa shape index (κ2) is 6.56. The molecule has 0 amide bonds. The lowest BCUT2D eigenvalue weighted by atomic mass is 10.1. The third-order valence-electron chi connectivity index (χ3n) is 2.19. The van der Waals surface area contributed by atoms with Gasteiger partial charge in [0.2, 0.25) is 0 Å². The minimum Gasteiger partial charge on any atom is -0.493 e. The summed E-state index contributed by atoms with van der Waals surface area (Å²) in [5, 5.41) is 8.89. The largest absolute Gasteiger partial charge is 0.493 e. The van der Waals surface area contributed by atoms with Gasteiger partial charge in [0.15, 0.2) is 11.5 Å². The third-order valence-corrected chi connectivity index (χ3v) is 2.19. The van der Waals surface area contributed by atoms with Crippen LogP contribution in [-0.2, 0) is 4.74 Å². The highest BCUT2D eigenvalue weighted by molar-refractivity contribution is 5.60. The molecule has 0 N–H and O–H groups in total. The molecule has 0 radical (unpaired) electrons. The molecule has 4 heteroatoms. The molecule has 0 fully saturated rings. The number of benzene rings is 1. The van der Waals surface area contributed by atoms with Gasteiger partial charge in [0.25, 0.3) is 0 Å². The summed E-state index contributed by atoms with van der Waals surface area (Å²) in [7, 11) is 4.71. The standard InChI is InChI=1S/C13H15NO3/c1-15-9-11(8-14)6-10-4-5-12(16-2)13(7-10)17-3/h4-7H,9H2,1-3H3/b11-6+. The summed E-state index contributed by atoms with van der Waals surface area (Å²) in [6, 6.07) is 7.55. The normalized spacial score (nSPS) is 10.8. The molecule has 0 aliphatic heterocycles. The molecule has 0 unspecified atom stereocenters. The van der Waals surface area contributed by atoms with Crippen LogP contribution < -0.4 is 9.47 Å². The zero-order valence-corrected chi connectivity index (χ0v) is 10.2. The number of hydrogen-bond acceptors (Lipinski definition) is 4. The van der Waals surface area contributed by atoms with Gasteiger partial charge in [0.05, 0.1) is 32.5 Å². The molecule has 0 aliphatic carbocycles. The maximum Gasteiger partial charge on any atom is 0.161 e. The van der Waals surface area contributed by atoms with E-state index in [1.165, 1.54) is 0 Å². The van der Waals surface area contributed by atoms with Crippen molar-refractivity contribution in [1.82, 2.24) is 0 Å². The van der Waals surface area contributed by atoms with Gasteiger partial charge in [-0.3, -0.25) is 0 Å². The molecule has 1 aromatic carbocycles. The molecule has 0 aliphatic rings. The summed E-state index contributed by atoms with van der Waals surface area (Å²) < 4.78 is 15.2. The van der Waals surface area contributed by atoms with Gasteiger partial charge >= 0.3 is 0 Å². The predicted octanol–water partition coefficient (Wildman–Crippen LogP) is 2.26. The summed E-state index contributed by atoms with van der Waals surface area (Å²) in [5.41, 5.74) is 1.43. The Kier molecular flexibility index (Phi) is 5.05. The summed E-state index contributed by atoms with van der Waals surface area (Å²) in [4.78, 5) is 0. The first-order chi connectivity index (χ1) is 8.24. The van der Waals surface area contributed by atoms with Crippen molar-refractivity contribution in [1.29, 1.82) is 5.26 Å². The molecular formula is C13H15NO3. The Morgan fingerprint density at radius 3 is 2.47 bits per heavy atom. The van der Waals surface area contributed by atoms with Crippen LogP contribution in [0.5, 0.6) is 11.5 Å². The smallest absolute Gasteiger partial charge is 0.161 e. The van der Waals surface area contributed by atoms with Crippen molar-refractivity contribution in [3.63, 3.8) is 0 Å². The van der Waals surface area contributed by atoms with E-state index in [4.69, 9.17) is 19.5 Å². The fraction of sp³-hybridized carbons (Fsp3) is 0.308. The van der Waals surface area contributed by atoms with Crippen LogP contribution in [0.15, 0.2) is 23.8 Å². The maximum absolute atomic E-state index is 8.89. The molecule has 0 atom stereocenters. The number of ether oxygens (including phenoxy) is 3. The Morgan fingerprint density at radius 1 is 1.24 bits per heavy atom. The average Bonchev–Trinajstić information content (AvgIpc) is 2.38. The van der Waals surface area contributed by atoms with Gasteiger partial charge < -0.3 is 14.2 Å². The average molecular weight is 233 g/mol. The summed E-state index contributed by atoms with van der Waals surface area (Å²) in [6.07, 6.45) is 1.76. The SMILES string of the molecule is COC/C(C#N)=C/c1ccc(OC)c(OC)c1. The van der Waals surface area contributed by atoms with Gasteiger partial charge in [-0.1, -0.05) is 6.07 Å². The van der Waals surface area contributed by atoms with Crippen LogP contribution in [0, 0.1) is 11.3 Å². The van der Waals surface area contributed by atoms with Gasteiger partial charge in [-0.25, -0.2) is 0 Å². The van der Waals surface area contributed by atoms with E-state index in [2.05, 4.69) is 6.07 Å². The van der Waals surface area contributed by atoms with Crippen LogP contribution >= 0.6 is 0 Å². The van der Waals surface area contributed by atoms with E-state index < -0.39 is 0 Å². The topological polar surface area (TPSA) is 51.5 Å². The van der Waals surface area contributed by atoms with Crippen LogP contribution in [-0.4, -0.2) is 27.9 Å². The number of rotatable bonds is 5. The molecule has 0 spiro atoms. The zero-order valence-electron chi connectivity index (χ0n) is 10.2. The van der Waals surface area contributed by atoms with Crippen molar-refractivity contribution < 1.29 is 14.2 Å². The van der Waals surface area contributed by atoms with Crippen molar-refractivity contribution in [2.75, 3.05) is 27.9 Å². The molecule has 0 bridgehead atoms. The molecule has 0 heterocycles. The fourth-order valence-corrected chi connectivity index (χ4v) is 1.41. The third kappa shape index (κ3) is 3.51. The van der Waals surface area contributed by atoms with Gasteiger partial charge in [-0.05, 0) is 23.8 Å². The highest BCUT2D eigenvalue weighted by Gasteiger charge is 2.04. The van der Waals surface area contributed by atoms with Crippen LogP contribution in [0.1, 0.15) is 5.56 Å². The first-order valence-corrected chi connectivity index (χ1v) is 5.06. The molecular weight excluding hydrogens is 218 g/mol. The maximum atomic E-state index is 8.89. The van der Waals surface area contributed by atoms with Crippen molar-refractivity contribution >= 4 is 6.08 Å².